The van der Waals surface area contributed by atoms with Crippen molar-refractivity contribution in [3.05, 3.63) is 36.0 Å². The molecule has 0 amide bonds. The Balaban J connectivity index is 1.38. The summed E-state index contributed by atoms with van der Waals surface area (Å²) in [5.41, 5.74) is 2.56. The van der Waals surface area contributed by atoms with Gasteiger partial charge in [0.15, 0.2) is 0 Å². The molecule has 1 saturated carbocycles. The fraction of sp³-hybridized carbons (Fsp3) is 0.550. The molecule has 1 aromatic heterocycles. The van der Waals surface area contributed by atoms with Crippen molar-refractivity contribution in [3.8, 4) is 0 Å². The number of carbonyl (C=O) groups excluding carboxylic acids is 1. The Kier molecular flexibility index (Phi) is 3.32. The minimum absolute atomic E-state index is 0.186. The molecule has 3 heterocycles. The summed E-state index contributed by atoms with van der Waals surface area (Å²) >= 11 is 0. The number of piperidine rings is 1. The molecule has 2 atom stereocenters. The predicted molar refractivity (Wildman–Crippen MR) is 95.0 cm³/mol. The Morgan fingerprint density at radius 3 is 2.71 bits per heavy atom. The third kappa shape index (κ3) is 2.09. The van der Waals surface area contributed by atoms with Crippen molar-refractivity contribution in [1.82, 2.24) is 14.4 Å². The minimum Gasteiger partial charge on any atom is -0.342 e. The summed E-state index contributed by atoms with van der Waals surface area (Å²) in [6.45, 7) is 5.27. The summed E-state index contributed by atoms with van der Waals surface area (Å²) in [4.78, 5) is 17.0. The third-order valence-electron chi connectivity index (χ3n) is 6.40. The highest BCUT2D eigenvalue weighted by Gasteiger charge is 2.61. The molecule has 0 radical (unpaired) electrons. The van der Waals surface area contributed by atoms with E-state index in [0.29, 0.717) is 6.04 Å². The maximum Gasteiger partial charge on any atom is 0.141 e. The van der Waals surface area contributed by atoms with Gasteiger partial charge in [0, 0.05) is 36.9 Å². The third-order valence-corrected chi connectivity index (χ3v) is 6.40. The Morgan fingerprint density at radius 2 is 1.88 bits per heavy atom. The normalized spacial score (nSPS) is 31.1. The zero-order valence-corrected chi connectivity index (χ0v) is 14.2. The predicted octanol–water partition coefficient (Wildman–Crippen LogP) is 2.65. The molecule has 0 spiro atoms. The van der Waals surface area contributed by atoms with Gasteiger partial charge in [-0.25, -0.2) is 0 Å². The molecule has 2 unspecified atom stereocenters. The second kappa shape index (κ2) is 5.43. The zero-order chi connectivity index (χ0) is 16.1. The van der Waals surface area contributed by atoms with Crippen LogP contribution in [-0.4, -0.2) is 51.9 Å². The van der Waals surface area contributed by atoms with Gasteiger partial charge in [-0.05, 0) is 49.9 Å². The Morgan fingerprint density at radius 1 is 1.04 bits per heavy atom. The molecule has 1 aromatic carbocycles. The van der Waals surface area contributed by atoms with E-state index in [1.807, 2.05) is 0 Å². The van der Waals surface area contributed by atoms with E-state index in [1.54, 1.807) is 0 Å². The van der Waals surface area contributed by atoms with E-state index in [2.05, 4.69) is 44.7 Å². The molecule has 5 rings (SSSR count). The van der Waals surface area contributed by atoms with Gasteiger partial charge in [0.1, 0.15) is 6.29 Å². The molecular formula is C20H25N3O. The second-order valence-electron chi connectivity index (χ2n) is 7.69. The molecule has 126 valence electrons. The van der Waals surface area contributed by atoms with Crippen LogP contribution in [-0.2, 0) is 17.9 Å². The molecule has 0 N–H and O–H groups in total. The van der Waals surface area contributed by atoms with Gasteiger partial charge in [0.2, 0.25) is 0 Å². The lowest BCUT2D eigenvalue weighted by atomic mass is 10.1. The van der Waals surface area contributed by atoms with Crippen LogP contribution in [0.2, 0.25) is 0 Å². The molecular weight excluding hydrogens is 298 g/mol. The van der Waals surface area contributed by atoms with Gasteiger partial charge in [-0.2, -0.15) is 0 Å². The highest BCUT2D eigenvalue weighted by Crippen LogP contribution is 2.46. The number of aromatic nitrogens is 1. The quantitative estimate of drug-likeness (QED) is 0.813. The van der Waals surface area contributed by atoms with Gasteiger partial charge in [-0.3, -0.25) is 9.80 Å². The number of rotatable bonds is 3. The number of benzene rings is 1. The van der Waals surface area contributed by atoms with Crippen LogP contribution in [0, 0.1) is 0 Å². The van der Waals surface area contributed by atoms with Crippen LogP contribution in [0.15, 0.2) is 30.3 Å². The first kappa shape index (κ1) is 14.7. The first-order chi connectivity index (χ1) is 11.8. The van der Waals surface area contributed by atoms with Gasteiger partial charge in [-0.1, -0.05) is 24.6 Å². The average Bonchev–Trinajstić information content (AvgIpc) is 3.29. The highest BCUT2D eigenvalue weighted by atomic mass is 16.1. The molecule has 24 heavy (non-hydrogen) atoms. The lowest BCUT2D eigenvalue weighted by Gasteiger charge is -2.36. The van der Waals surface area contributed by atoms with Crippen LogP contribution in [0.5, 0.6) is 0 Å². The van der Waals surface area contributed by atoms with Crippen molar-refractivity contribution in [2.45, 2.75) is 50.4 Å². The van der Waals surface area contributed by atoms with Crippen LogP contribution in [0.3, 0.4) is 0 Å². The largest absolute Gasteiger partial charge is 0.342 e. The van der Waals surface area contributed by atoms with Gasteiger partial charge < -0.3 is 9.36 Å². The second-order valence-corrected chi connectivity index (χ2v) is 7.69. The molecule has 4 nitrogen and oxygen atoms in total. The molecule has 2 aromatic rings. The number of fused-ring (bicyclic) bond motifs is 3. The summed E-state index contributed by atoms with van der Waals surface area (Å²) < 4.78 is 2.46. The van der Waals surface area contributed by atoms with E-state index in [0.717, 1.165) is 39.1 Å². The van der Waals surface area contributed by atoms with Crippen molar-refractivity contribution >= 4 is 17.2 Å². The van der Waals surface area contributed by atoms with Crippen LogP contribution < -0.4 is 0 Å². The summed E-state index contributed by atoms with van der Waals surface area (Å²) in [6.07, 6.45) is 6.09. The summed E-state index contributed by atoms with van der Waals surface area (Å²) in [7, 11) is 0. The SMILES string of the molecule is O=CC1(N2CCCCC2)CC1N1CCn2c(cc3ccccc32)C1. The van der Waals surface area contributed by atoms with Crippen LogP contribution in [0.4, 0.5) is 0 Å². The average molecular weight is 323 g/mol. The van der Waals surface area contributed by atoms with E-state index in [1.165, 1.54) is 42.1 Å². The van der Waals surface area contributed by atoms with Crippen molar-refractivity contribution < 1.29 is 4.79 Å². The number of aldehydes is 1. The summed E-state index contributed by atoms with van der Waals surface area (Å²) in [6, 6.07) is 11.4. The number of likely N-dealkylation sites (tertiary alicyclic amines) is 1. The lowest BCUT2D eigenvalue weighted by Crippen LogP contribution is -2.49. The molecule has 0 bridgehead atoms. The Labute approximate surface area is 143 Å². The van der Waals surface area contributed by atoms with Crippen molar-refractivity contribution in [2.75, 3.05) is 19.6 Å². The number of hydrogen-bond donors (Lipinski definition) is 0. The summed E-state index contributed by atoms with van der Waals surface area (Å²) in [5.74, 6) is 0. The van der Waals surface area contributed by atoms with E-state index in [-0.39, 0.29) is 5.54 Å². The highest BCUT2D eigenvalue weighted by molar-refractivity contribution is 5.81. The molecule has 2 aliphatic heterocycles. The number of nitrogens with zero attached hydrogens (tertiary/aromatic N) is 3. The van der Waals surface area contributed by atoms with Gasteiger partial charge in [-0.15, -0.1) is 0 Å². The number of para-hydroxylation sites is 1. The molecule has 4 heteroatoms. The first-order valence-electron chi connectivity index (χ1n) is 9.34. The van der Waals surface area contributed by atoms with E-state index >= 15 is 0 Å². The van der Waals surface area contributed by atoms with Crippen LogP contribution in [0.25, 0.3) is 10.9 Å². The summed E-state index contributed by atoms with van der Waals surface area (Å²) in [5, 5.41) is 1.34. The standard InChI is InChI=1S/C20H25N3O/c24-15-20(22-8-4-1-5-9-22)13-19(20)21-10-11-23-17(14-21)12-16-6-2-3-7-18(16)23/h2-3,6-7,12,15,19H,1,4-5,8-11,13-14H2. The number of carbonyl (C=O) groups is 1. The van der Waals surface area contributed by atoms with Crippen LogP contribution in [0.1, 0.15) is 31.4 Å². The smallest absolute Gasteiger partial charge is 0.141 e. The van der Waals surface area contributed by atoms with Crippen molar-refractivity contribution in [2.24, 2.45) is 0 Å². The van der Waals surface area contributed by atoms with Crippen molar-refractivity contribution in [1.29, 1.82) is 0 Å². The maximum absolute atomic E-state index is 12.0. The fourth-order valence-electron chi connectivity index (χ4n) is 4.99. The Bertz CT molecular complexity index is 776. The monoisotopic (exact) mass is 323 g/mol. The van der Waals surface area contributed by atoms with Gasteiger partial charge in [0.05, 0.1) is 5.54 Å². The fourth-order valence-corrected chi connectivity index (χ4v) is 4.99. The topological polar surface area (TPSA) is 28.5 Å². The zero-order valence-electron chi connectivity index (χ0n) is 14.2. The first-order valence-corrected chi connectivity index (χ1v) is 9.34. The van der Waals surface area contributed by atoms with Gasteiger partial charge >= 0.3 is 0 Å². The number of hydrogen-bond acceptors (Lipinski definition) is 3. The van der Waals surface area contributed by atoms with Crippen LogP contribution >= 0.6 is 0 Å². The van der Waals surface area contributed by atoms with Gasteiger partial charge in [0.25, 0.3) is 0 Å². The molecule has 1 aliphatic carbocycles. The van der Waals surface area contributed by atoms with E-state index in [4.69, 9.17) is 0 Å². The Hall–Kier alpha value is -1.65. The maximum atomic E-state index is 12.0. The minimum atomic E-state index is -0.186. The molecule has 3 aliphatic rings. The lowest BCUT2D eigenvalue weighted by molar-refractivity contribution is -0.115. The molecule has 2 fully saturated rings. The van der Waals surface area contributed by atoms with E-state index in [9.17, 15) is 4.79 Å². The van der Waals surface area contributed by atoms with E-state index < -0.39 is 0 Å². The molecule has 1 saturated heterocycles. The van der Waals surface area contributed by atoms with Crippen molar-refractivity contribution in [3.63, 3.8) is 0 Å².